The van der Waals surface area contributed by atoms with E-state index in [1.54, 1.807) is 14.2 Å². The molecule has 0 unspecified atom stereocenters. The van der Waals surface area contributed by atoms with E-state index in [4.69, 9.17) is 9.47 Å². The predicted octanol–water partition coefficient (Wildman–Crippen LogP) is 1.76. The number of hydrogen-bond acceptors (Lipinski definition) is 2. The van der Waals surface area contributed by atoms with Crippen molar-refractivity contribution in [3.8, 4) is 0 Å². The molecule has 2 atom stereocenters. The van der Waals surface area contributed by atoms with Gasteiger partial charge in [-0.2, -0.15) is 0 Å². The van der Waals surface area contributed by atoms with Gasteiger partial charge in [0.2, 0.25) is 0 Å². The Morgan fingerprint density at radius 1 is 1.00 bits per heavy atom. The van der Waals surface area contributed by atoms with E-state index in [-0.39, 0.29) is 0 Å². The molecule has 0 aromatic rings. The van der Waals surface area contributed by atoms with Gasteiger partial charge in [-0.15, -0.1) is 0 Å². The molecular weight excluding hydrogens is 140 g/mol. The number of rotatable bonds is 2. The van der Waals surface area contributed by atoms with Crippen molar-refractivity contribution in [1.82, 2.24) is 0 Å². The Morgan fingerprint density at radius 2 is 1.45 bits per heavy atom. The third kappa shape index (κ3) is 2.64. The Hall–Kier alpha value is -0.340. The predicted molar refractivity (Wildman–Crippen MR) is 44.6 cm³/mol. The van der Waals surface area contributed by atoms with Gasteiger partial charge in [-0.3, -0.25) is 0 Å². The van der Waals surface area contributed by atoms with E-state index < -0.39 is 0 Å². The minimum absolute atomic E-state index is 0.301. The minimum Gasteiger partial charge on any atom is -0.377 e. The zero-order valence-corrected chi connectivity index (χ0v) is 7.25. The molecule has 2 nitrogen and oxygen atoms in total. The van der Waals surface area contributed by atoms with Crippen LogP contribution in [0.15, 0.2) is 12.2 Å². The average molecular weight is 156 g/mol. The third-order valence-corrected chi connectivity index (χ3v) is 2.12. The second kappa shape index (κ2) is 4.52. The van der Waals surface area contributed by atoms with Crippen LogP contribution in [0.5, 0.6) is 0 Å². The molecule has 1 aliphatic carbocycles. The van der Waals surface area contributed by atoms with Crippen molar-refractivity contribution in [3.05, 3.63) is 12.2 Å². The Bertz CT molecular complexity index is 118. The first-order valence-electron chi connectivity index (χ1n) is 4.10. The molecule has 0 heterocycles. The molecule has 1 rings (SSSR count). The normalized spacial score (nSPS) is 31.8. The summed E-state index contributed by atoms with van der Waals surface area (Å²) >= 11 is 0. The average Bonchev–Trinajstić information content (AvgIpc) is 2.28. The highest BCUT2D eigenvalue weighted by atomic mass is 16.5. The molecule has 2 heteroatoms. The highest BCUT2D eigenvalue weighted by molar-refractivity contribution is 4.97. The van der Waals surface area contributed by atoms with Crippen LogP contribution < -0.4 is 0 Å². The van der Waals surface area contributed by atoms with Crippen molar-refractivity contribution in [1.29, 1.82) is 0 Å². The smallest absolute Gasteiger partial charge is 0.0753 e. The molecule has 0 saturated carbocycles. The van der Waals surface area contributed by atoms with E-state index in [1.165, 1.54) is 6.42 Å². The summed E-state index contributed by atoms with van der Waals surface area (Å²) in [5.41, 5.74) is 0. The fourth-order valence-electron chi connectivity index (χ4n) is 1.35. The molecule has 64 valence electrons. The Kier molecular flexibility index (Phi) is 3.60. The summed E-state index contributed by atoms with van der Waals surface area (Å²) in [4.78, 5) is 0. The van der Waals surface area contributed by atoms with E-state index in [1.807, 2.05) is 0 Å². The zero-order chi connectivity index (χ0) is 8.10. The van der Waals surface area contributed by atoms with Crippen LogP contribution in [0, 0.1) is 0 Å². The van der Waals surface area contributed by atoms with Crippen LogP contribution in [0.1, 0.15) is 19.3 Å². The van der Waals surface area contributed by atoms with E-state index in [0.29, 0.717) is 12.2 Å². The summed E-state index contributed by atoms with van der Waals surface area (Å²) in [6, 6.07) is 0. The van der Waals surface area contributed by atoms with Crippen molar-refractivity contribution in [2.75, 3.05) is 14.2 Å². The molecule has 0 aliphatic heterocycles. The summed E-state index contributed by atoms with van der Waals surface area (Å²) in [6.07, 6.45) is 8.22. The summed E-state index contributed by atoms with van der Waals surface area (Å²) in [7, 11) is 3.50. The van der Waals surface area contributed by atoms with Gasteiger partial charge in [0, 0.05) is 14.2 Å². The largest absolute Gasteiger partial charge is 0.377 e. The van der Waals surface area contributed by atoms with Gasteiger partial charge < -0.3 is 9.47 Å². The molecule has 0 fully saturated rings. The number of hydrogen-bond donors (Lipinski definition) is 0. The summed E-state index contributed by atoms with van der Waals surface area (Å²) in [5.74, 6) is 0. The molecule has 0 N–H and O–H groups in total. The lowest BCUT2D eigenvalue weighted by molar-refractivity contribution is 0.123. The van der Waals surface area contributed by atoms with Gasteiger partial charge in [-0.1, -0.05) is 12.2 Å². The van der Waals surface area contributed by atoms with Gasteiger partial charge in [0.05, 0.1) is 12.2 Å². The van der Waals surface area contributed by atoms with Gasteiger partial charge in [-0.05, 0) is 19.3 Å². The van der Waals surface area contributed by atoms with Crippen LogP contribution in [-0.4, -0.2) is 26.4 Å². The summed E-state index contributed by atoms with van der Waals surface area (Å²) in [6.45, 7) is 0. The van der Waals surface area contributed by atoms with Crippen molar-refractivity contribution in [2.45, 2.75) is 31.5 Å². The monoisotopic (exact) mass is 156 g/mol. The molecule has 0 aromatic heterocycles. The molecule has 11 heavy (non-hydrogen) atoms. The van der Waals surface area contributed by atoms with Crippen molar-refractivity contribution in [3.63, 3.8) is 0 Å². The second-order valence-electron chi connectivity index (χ2n) is 2.86. The maximum atomic E-state index is 5.22. The Balaban J connectivity index is 2.42. The molecule has 0 amide bonds. The Labute approximate surface area is 68.2 Å². The topological polar surface area (TPSA) is 18.5 Å². The highest BCUT2D eigenvalue weighted by Gasteiger charge is 2.11. The fourth-order valence-corrected chi connectivity index (χ4v) is 1.35. The number of ether oxygens (including phenoxy) is 2. The van der Waals surface area contributed by atoms with Crippen LogP contribution in [-0.2, 0) is 9.47 Å². The van der Waals surface area contributed by atoms with Gasteiger partial charge in [0.25, 0.3) is 0 Å². The first-order chi connectivity index (χ1) is 5.36. The highest BCUT2D eigenvalue weighted by Crippen LogP contribution is 2.15. The van der Waals surface area contributed by atoms with E-state index >= 15 is 0 Å². The third-order valence-electron chi connectivity index (χ3n) is 2.12. The number of methoxy groups -OCH3 is 2. The standard InChI is InChI=1S/C9H16O2/c1-10-8-4-3-5-9(11-2)7-6-8/h6-9H,3-5H2,1-2H3/t8-,9+. The van der Waals surface area contributed by atoms with Crippen LogP contribution >= 0.6 is 0 Å². The van der Waals surface area contributed by atoms with Crippen LogP contribution in [0.25, 0.3) is 0 Å². The molecule has 0 bridgehead atoms. The quantitative estimate of drug-likeness (QED) is 0.567. The SMILES string of the molecule is CO[C@@H]1C=C[C@H](OC)CCC1. The van der Waals surface area contributed by atoms with Crippen molar-refractivity contribution in [2.24, 2.45) is 0 Å². The van der Waals surface area contributed by atoms with Crippen molar-refractivity contribution >= 4 is 0 Å². The lowest BCUT2D eigenvalue weighted by Gasteiger charge is -2.07. The first kappa shape index (κ1) is 8.75. The van der Waals surface area contributed by atoms with Crippen LogP contribution in [0.2, 0.25) is 0 Å². The van der Waals surface area contributed by atoms with Gasteiger partial charge in [0.15, 0.2) is 0 Å². The van der Waals surface area contributed by atoms with Crippen molar-refractivity contribution < 1.29 is 9.47 Å². The van der Waals surface area contributed by atoms with Gasteiger partial charge in [-0.25, -0.2) is 0 Å². The molecule has 0 aromatic carbocycles. The minimum atomic E-state index is 0.301. The van der Waals surface area contributed by atoms with E-state index in [0.717, 1.165) is 12.8 Å². The molecular formula is C9H16O2. The molecule has 0 saturated heterocycles. The lowest BCUT2D eigenvalue weighted by Crippen LogP contribution is -2.04. The molecule has 0 radical (unpaired) electrons. The second-order valence-corrected chi connectivity index (χ2v) is 2.86. The molecule has 1 aliphatic rings. The maximum Gasteiger partial charge on any atom is 0.0753 e. The maximum absolute atomic E-state index is 5.22. The molecule has 0 spiro atoms. The van der Waals surface area contributed by atoms with Crippen LogP contribution in [0.3, 0.4) is 0 Å². The Morgan fingerprint density at radius 3 is 1.82 bits per heavy atom. The van der Waals surface area contributed by atoms with Gasteiger partial charge in [0.1, 0.15) is 0 Å². The van der Waals surface area contributed by atoms with E-state index in [2.05, 4.69) is 12.2 Å². The summed E-state index contributed by atoms with van der Waals surface area (Å²) < 4.78 is 10.4. The van der Waals surface area contributed by atoms with Gasteiger partial charge >= 0.3 is 0 Å². The fraction of sp³-hybridized carbons (Fsp3) is 0.778. The zero-order valence-electron chi connectivity index (χ0n) is 7.25. The van der Waals surface area contributed by atoms with E-state index in [9.17, 15) is 0 Å². The summed E-state index contributed by atoms with van der Waals surface area (Å²) in [5, 5.41) is 0. The first-order valence-corrected chi connectivity index (χ1v) is 4.10. The van der Waals surface area contributed by atoms with Crippen LogP contribution in [0.4, 0.5) is 0 Å². The lowest BCUT2D eigenvalue weighted by atomic mass is 10.2.